The Hall–Kier alpha value is -1.99. The smallest absolute Gasteiger partial charge is 0.123 e. The third-order valence-electron chi connectivity index (χ3n) is 5.85. The molecular formula is C24H33N3O3. The first-order valence-corrected chi connectivity index (χ1v) is 11.0. The Bertz CT molecular complexity index is 775. The Morgan fingerprint density at radius 3 is 2.77 bits per heavy atom. The molecule has 2 aliphatic heterocycles. The maximum absolute atomic E-state index is 5.92. The minimum absolute atomic E-state index is 0.319. The summed E-state index contributed by atoms with van der Waals surface area (Å²) >= 11 is 0. The lowest BCUT2D eigenvalue weighted by molar-refractivity contribution is 0.0338. The van der Waals surface area contributed by atoms with Crippen LogP contribution in [-0.2, 0) is 29.1 Å². The molecule has 3 heterocycles. The van der Waals surface area contributed by atoms with Gasteiger partial charge >= 0.3 is 0 Å². The van der Waals surface area contributed by atoms with Crippen molar-refractivity contribution in [2.45, 2.75) is 38.6 Å². The molecule has 0 radical (unpaired) electrons. The second-order valence-electron chi connectivity index (χ2n) is 8.16. The highest BCUT2D eigenvalue weighted by molar-refractivity contribution is 5.37. The monoisotopic (exact) mass is 411 g/mol. The van der Waals surface area contributed by atoms with E-state index in [0.29, 0.717) is 6.10 Å². The first-order valence-electron chi connectivity index (χ1n) is 11.0. The molecule has 0 spiro atoms. The molecule has 1 aromatic heterocycles. The predicted molar refractivity (Wildman–Crippen MR) is 116 cm³/mol. The van der Waals surface area contributed by atoms with E-state index in [-0.39, 0.29) is 0 Å². The number of benzene rings is 1. The van der Waals surface area contributed by atoms with Gasteiger partial charge in [-0.05, 0) is 42.7 Å². The molecule has 0 amide bonds. The summed E-state index contributed by atoms with van der Waals surface area (Å²) in [7, 11) is 1.75. The van der Waals surface area contributed by atoms with Gasteiger partial charge < -0.3 is 14.2 Å². The Labute approximate surface area is 179 Å². The van der Waals surface area contributed by atoms with Crippen LogP contribution in [0.15, 0.2) is 42.6 Å². The van der Waals surface area contributed by atoms with Crippen LogP contribution in [0.3, 0.4) is 0 Å². The molecule has 2 aliphatic rings. The molecule has 1 aromatic carbocycles. The van der Waals surface area contributed by atoms with E-state index in [1.165, 1.54) is 11.1 Å². The molecule has 6 nitrogen and oxygen atoms in total. The molecule has 0 bridgehead atoms. The molecule has 2 fully saturated rings. The Morgan fingerprint density at radius 2 is 2.03 bits per heavy atom. The summed E-state index contributed by atoms with van der Waals surface area (Å²) in [5, 5.41) is 0. The highest BCUT2D eigenvalue weighted by atomic mass is 16.5. The van der Waals surface area contributed by atoms with Gasteiger partial charge in [0.15, 0.2) is 0 Å². The van der Waals surface area contributed by atoms with Crippen molar-refractivity contribution in [3.8, 4) is 5.75 Å². The van der Waals surface area contributed by atoms with Crippen LogP contribution < -0.4 is 4.74 Å². The van der Waals surface area contributed by atoms with Crippen molar-refractivity contribution in [3.05, 3.63) is 59.4 Å². The molecular weight excluding hydrogens is 378 g/mol. The number of nitrogens with zero attached hydrogens (tertiary/aromatic N) is 3. The standard InChI is InChI=1S/C24H33N3O3/c1-28-24-8-7-20(15-21(24)17-26-10-13-29-14-11-26)16-27(19-23-6-4-12-30-23)18-22-5-2-3-9-25-22/h2-3,5,7-9,15,23H,4,6,10-14,16-19H2,1H3. The lowest BCUT2D eigenvalue weighted by atomic mass is 10.1. The van der Waals surface area contributed by atoms with E-state index in [0.717, 1.165) is 83.4 Å². The first kappa shape index (κ1) is 21.2. The number of ether oxygens (including phenoxy) is 3. The molecule has 2 saturated heterocycles. The van der Waals surface area contributed by atoms with Crippen LogP contribution in [0.4, 0.5) is 0 Å². The van der Waals surface area contributed by atoms with Crippen molar-refractivity contribution >= 4 is 0 Å². The van der Waals surface area contributed by atoms with Crippen molar-refractivity contribution in [2.24, 2.45) is 0 Å². The second-order valence-corrected chi connectivity index (χ2v) is 8.16. The van der Waals surface area contributed by atoms with E-state index in [1.54, 1.807) is 7.11 Å². The minimum Gasteiger partial charge on any atom is -0.496 e. The highest BCUT2D eigenvalue weighted by Crippen LogP contribution is 2.24. The number of morpholine rings is 1. The summed E-state index contributed by atoms with van der Waals surface area (Å²) in [6.07, 6.45) is 4.49. The number of hydrogen-bond donors (Lipinski definition) is 0. The Morgan fingerprint density at radius 1 is 1.13 bits per heavy atom. The van der Waals surface area contributed by atoms with Crippen LogP contribution in [0.1, 0.15) is 29.7 Å². The highest BCUT2D eigenvalue weighted by Gasteiger charge is 2.21. The molecule has 30 heavy (non-hydrogen) atoms. The maximum Gasteiger partial charge on any atom is 0.123 e. The Balaban J connectivity index is 1.48. The molecule has 6 heteroatoms. The third-order valence-corrected chi connectivity index (χ3v) is 5.85. The fourth-order valence-corrected chi connectivity index (χ4v) is 4.29. The summed E-state index contributed by atoms with van der Waals surface area (Å²) in [4.78, 5) is 9.43. The van der Waals surface area contributed by atoms with Crippen molar-refractivity contribution in [3.63, 3.8) is 0 Å². The van der Waals surface area contributed by atoms with E-state index in [2.05, 4.69) is 45.1 Å². The molecule has 4 rings (SSSR count). The lowest BCUT2D eigenvalue weighted by Crippen LogP contribution is -2.35. The fourth-order valence-electron chi connectivity index (χ4n) is 4.29. The zero-order valence-electron chi connectivity index (χ0n) is 18.0. The topological polar surface area (TPSA) is 47.1 Å². The minimum atomic E-state index is 0.319. The number of rotatable bonds is 9. The molecule has 0 N–H and O–H groups in total. The average molecular weight is 412 g/mol. The van der Waals surface area contributed by atoms with E-state index < -0.39 is 0 Å². The SMILES string of the molecule is COc1ccc(CN(Cc2ccccn2)CC2CCCO2)cc1CN1CCOCC1. The molecule has 1 atom stereocenters. The van der Waals surface area contributed by atoms with Gasteiger partial charge in [0.05, 0.1) is 32.1 Å². The predicted octanol–water partition coefficient (Wildman–Crippen LogP) is 3.10. The third kappa shape index (κ3) is 6.01. The van der Waals surface area contributed by atoms with Gasteiger partial charge in [0.2, 0.25) is 0 Å². The molecule has 162 valence electrons. The number of pyridine rings is 1. The number of methoxy groups -OCH3 is 1. The van der Waals surface area contributed by atoms with Crippen LogP contribution in [0.5, 0.6) is 5.75 Å². The van der Waals surface area contributed by atoms with Crippen LogP contribution in [-0.4, -0.2) is 67.5 Å². The van der Waals surface area contributed by atoms with E-state index in [1.807, 2.05) is 12.3 Å². The quantitative estimate of drug-likeness (QED) is 0.632. The number of aromatic nitrogens is 1. The van der Waals surface area contributed by atoms with E-state index in [4.69, 9.17) is 14.2 Å². The second kappa shape index (κ2) is 10.9. The molecule has 2 aromatic rings. The number of hydrogen-bond acceptors (Lipinski definition) is 6. The maximum atomic E-state index is 5.92. The van der Waals surface area contributed by atoms with Crippen LogP contribution in [0, 0.1) is 0 Å². The van der Waals surface area contributed by atoms with Gasteiger partial charge in [0.1, 0.15) is 5.75 Å². The first-order chi connectivity index (χ1) is 14.8. The van der Waals surface area contributed by atoms with Crippen LogP contribution in [0.25, 0.3) is 0 Å². The molecule has 1 unspecified atom stereocenters. The van der Waals surface area contributed by atoms with Gasteiger partial charge in [0.25, 0.3) is 0 Å². The van der Waals surface area contributed by atoms with E-state index in [9.17, 15) is 0 Å². The van der Waals surface area contributed by atoms with Crippen molar-refractivity contribution < 1.29 is 14.2 Å². The summed E-state index contributed by atoms with van der Waals surface area (Å²) in [6, 6.07) is 12.7. The van der Waals surface area contributed by atoms with Crippen molar-refractivity contribution in [2.75, 3.05) is 46.6 Å². The molecule has 0 saturated carbocycles. The largest absolute Gasteiger partial charge is 0.496 e. The van der Waals surface area contributed by atoms with Crippen LogP contribution >= 0.6 is 0 Å². The van der Waals surface area contributed by atoms with Gasteiger partial charge in [-0.25, -0.2) is 0 Å². The van der Waals surface area contributed by atoms with Gasteiger partial charge in [0, 0.05) is 57.6 Å². The zero-order valence-corrected chi connectivity index (χ0v) is 18.0. The molecule has 0 aliphatic carbocycles. The summed E-state index contributed by atoms with van der Waals surface area (Å²) in [5.41, 5.74) is 3.64. The summed E-state index contributed by atoms with van der Waals surface area (Å²) < 4.78 is 17.1. The van der Waals surface area contributed by atoms with Gasteiger partial charge in [-0.15, -0.1) is 0 Å². The zero-order chi connectivity index (χ0) is 20.6. The fraction of sp³-hybridized carbons (Fsp3) is 0.542. The van der Waals surface area contributed by atoms with Gasteiger partial charge in [-0.1, -0.05) is 12.1 Å². The normalized spacial score (nSPS) is 20.0. The lowest BCUT2D eigenvalue weighted by Gasteiger charge is -2.28. The van der Waals surface area contributed by atoms with Crippen LogP contribution in [0.2, 0.25) is 0 Å². The van der Waals surface area contributed by atoms with Gasteiger partial charge in [-0.3, -0.25) is 14.8 Å². The van der Waals surface area contributed by atoms with Crippen molar-refractivity contribution in [1.29, 1.82) is 0 Å². The van der Waals surface area contributed by atoms with Gasteiger partial charge in [-0.2, -0.15) is 0 Å². The summed E-state index contributed by atoms with van der Waals surface area (Å²) in [5.74, 6) is 0.959. The average Bonchev–Trinajstić information content (AvgIpc) is 3.28. The summed E-state index contributed by atoms with van der Waals surface area (Å²) in [6.45, 7) is 7.96. The van der Waals surface area contributed by atoms with Crippen molar-refractivity contribution in [1.82, 2.24) is 14.8 Å². The van der Waals surface area contributed by atoms with E-state index >= 15 is 0 Å². The Kier molecular flexibility index (Phi) is 7.70.